The zero-order chi connectivity index (χ0) is 22.0. The number of rotatable bonds is 5. The summed E-state index contributed by atoms with van der Waals surface area (Å²) >= 11 is 6.15. The smallest absolute Gasteiger partial charge is 0.243 e. The topological polar surface area (TPSA) is 40.6 Å². The Hall–Kier alpha value is -2.25. The van der Waals surface area contributed by atoms with Gasteiger partial charge in [0, 0.05) is 31.2 Å². The lowest BCUT2D eigenvalue weighted by Crippen LogP contribution is -2.49. The fourth-order valence-electron chi connectivity index (χ4n) is 4.10. The number of sulfonamides is 1. The van der Waals surface area contributed by atoms with Crippen molar-refractivity contribution >= 4 is 21.6 Å². The molecular formula is C24H24ClFN2O2S. The van der Waals surface area contributed by atoms with Gasteiger partial charge in [-0.1, -0.05) is 60.1 Å². The first kappa shape index (κ1) is 22.0. The quantitative estimate of drug-likeness (QED) is 0.547. The van der Waals surface area contributed by atoms with Crippen molar-refractivity contribution in [2.75, 3.05) is 26.2 Å². The van der Waals surface area contributed by atoms with Crippen LogP contribution in [0.3, 0.4) is 0 Å². The molecule has 0 spiro atoms. The Balaban J connectivity index is 1.58. The van der Waals surface area contributed by atoms with Crippen LogP contribution in [0.5, 0.6) is 0 Å². The van der Waals surface area contributed by atoms with Crippen molar-refractivity contribution in [3.05, 3.63) is 100 Å². The molecule has 7 heteroatoms. The molecule has 3 aromatic carbocycles. The number of hydrogen-bond acceptors (Lipinski definition) is 3. The van der Waals surface area contributed by atoms with Crippen LogP contribution in [0, 0.1) is 12.7 Å². The molecule has 1 fully saturated rings. The lowest BCUT2D eigenvalue weighted by atomic mass is 9.96. The van der Waals surface area contributed by atoms with E-state index in [0.29, 0.717) is 36.8 Å². The maximum atomic E-state index is 13.5. The molecule has 0 radical (unpaired) electrons. The van der Waals surface area contributed by atoms with Crippen LogP contribution in [-0.4, -0.2) is 43.8 Å². The summed E-state index contributed by atoms with van der Waals surface area (Å²) in [6.07, 6.45) is 0. The molecule has 0 unspecified atom stereocenters. The van der Waals surface area contributed by atoms with E-state index in [0.717, 1.165) is 11.1 Å². The average Bonchev–Trinajstić information content (AvgIpc) is 2.78. The predicted octanol–water partition coefficient (Wildman–Crippen LogP) is 4.88. The summed E-state index contributed by atoms with van der Waals surface area (Å²) in [6.45, 7) is 3.61. The molecule has 1 saturated heterocycles. The first-order valence-corrected chi connectivity index (χ1v) is 12.0. The molecule has 1 heterocycles. The van der Waals surface area contributed by atoms with Gasteiger partial charge >= 0.3 is 0 Å². The standard InChI is InChI=1S/C24H24ClFN2O2S/c1-18-22(25)8-5-9-23(18)31(29,30)28-16-14-27(15-17-28)24(19-6-3-2-4-7-19)20-10-12-21(26)13-11-20/h2-13,24H,14-17H2,1H3/t24-/m0/s1. The molecule has 31 heavy (non-hydrogen) atoms. The minimum Gasteiger partial charge on any atom is -0.290 e. The van der Waals surface area contributed by atoms with E-state index in [2.05, 4.69) is 4.90 Å². The molecule has 1 aliphatic rings. The zero-order valence-electron chi connectivity index (χ0n) is 17.2. The summed E-state index contributed by atoms with van der Waals surface area (Å²) in [4.78, 5) is 2.51. The number of nitrogens with zero attached hydrogens (tertiary/aromatic N) is 2. The largest absolute Gasteiger partial charge is 0.290 e. The van der Waals surface area contributed by atoms with Crippen LogP contribution in [0.25, 0.3) is 0 Å². The highest BCUT2D eigenvalue weighted by atomic mass is 35.5. The van der Waals surface area contributed by atoms with E-state index in [4.69, 9.17) is 11.6 Å². The zero-order valence-corrected chi connectivity index (χ0v) is 18.8. The van der Waals surface area contributed by atoms with Gasteiger partial charge in [-0.25, -0.2) is 12.8 Å². The molecular weight excluding hydrogens is 435 g/mol. The van der Waals surface area contributed by atoms with Crippen molar-refractivity contribution in [2.24, 2.45) is 0 Å². The lowest BCUT2D eigenvalue weighted by molar-refractivity contribution is 0.155. The lowest BCUT2D eigenvalue weighted by Gasteiger charge is -2.39. The van der Waals surface area contributed by atoms with Gasteiger partial charge in [0.1, 0.15) is 5.82 Å². The van der Waals surface area contributed by atoms with Crippen LogP contribution < -0.4 is 0 Å². The normalized spacial score (nSPS) is 16.9. The van der Waals surface area contributed by atoms with E-state index in [-0.39, 0.29) is 16.8 Å². The predicted molar refractivity (Wildman–Crippen MR) is 121 cm³/mol. The van der Waals surface area contributed by atoms with Crippen molar-refractivity contribution in [2.45, 2.75) is 17.9 Å². The van der Waals surface area contributed by atoms with Gasteiger partial charge in [0.05, 0.1) is 10.9 Å². The summed E-state index contributed by atoms with van der Waals surface area (Å²) in [5.74, 6) is -0.275. The third kappa shape index (κ3) is 4.53. The number of hydrogen-bond donors (Lipinski definition) is 0. The summed E-state index contributed by atoms with van der Waals surface area (Å²) in [5.41, 5.74) is 2.64. The van der Waals surface area contributed by atoms with Gasteiger partial charge in [-0.2, -0.15) is 4.31 Å². The molecule has 0 aliphatic carbocycles. The van der Waals surface area contributed by atoms with Gasteiger partial charge < -0.3 is 0 Å². The Kier molecular flexibility index (Phi) is 6.44. The number of benzene rings is 3. The average molecular weight is 459 g/mol. The molecule has 1 atom stereocenters. The maximum Gasteiger partial charge on any atom is 0.243 e. The van der Waals surface area contributed by atoms with E-state index in [9.17, 15) is 12.8 Å². The summed E-state index contributed by atoms with van der Waals surface area (Å²) in [6, 6.07) is 21.4. The maximum absolute atomic E-state index is 13.5. The molecule has 162 valence electrons. The van der Waals surface area contributed by atoms with Crippen LogP contribution in [0.4, 0.5) is 4.39 Å². The van der Waals surface area contributed by atoms with Crippen LogP contribution in [0.15, 0.2) is 77.7 Å². The highest BCUT2D eigenvalue weighted by molar-refractivity contribution is 7.89. The van der Waals surface area contributed by atoms with Crippen molar-refractivity contribution in [1.82, 2.24) is 9.21 Å². The van der Waals surface area contributed by atoms with Crippen molar-refractivity contribution in [3.63, 3.8) is 0 Å². The second kappa shape index (κ2) is 9.09. The van der Waals surface area contributed by atoms with Crippen molar-refractivity contribution in [1.29, 1.82) is 0 Å². The Morgan fingerprint density at radius 3 is 2.10 bits per heavy atom. The van der Waals surface area contributed by atoms with E-state index in [1.165, 1.54) is 16.4 Å². The molecule has 0 saturated carbocycles. The monoisotopic (exact) mass is 458 g/mol. The Morgan fingerprint density at radius 1 is 0.839 bits per heavy atom. The second-order valence-corrected chi connectivity index (χ2v) is 9.98. The highest BCUT2D eigenvalue weighted by Crippen LogP contribution is 2.31. The van der Waals surface area contributed by atoms with Gasteiger partial charge in [0.25, 0.3) is 0 Å². The summed E-state index contributed by atoms with van der Waals surface area (Å²) < 4.78 is 41.5. The number of halogens is 2. The van der Waals surface area contributed by atoms with E-state index in [1.807, 2.05) is 30.3 Å². The van der Waals surface area contributed by atoms with Gasteiger partial charge in [-0.15, -0.1) is 0 Å². The second-order valence-electron chi connectivity index (χ2n) is 7.67. The molecule has 0 aromatic heterocycles. The van der Waals surface area contributed by atoms with Gasteiger partial charge in [0.2, 0.25) is 10.0 Å². The van der Waals surface area contributed by atoms with E-state index in [1.54, 1.807) is 37.3 Å². The van der Waals surface area contributed by atoms with E-state index < -0.39 is 10.0 Å². The molecule has 4 rings (SSSR count). The SMILES string of the molecule is Cc1c(Cl)cccc1S(=O)(=O)N1CCN([C@@H](c2ccccc2)c2ccc(F)cc2)CC1. The van der Waals surface area contributed by atoms with E-state index >= 15 is 0 Å². The third-order valence-electron chi connectivity index (χ3n) is 5.78. The summed E-state index contributed by atoms with van der Waals surface area (Å²) in [5, 5.41) is 0.445. The van der Waals surface area contributed by atoms with Crippen LogP contribution in [-0.2, 0) is 10.0 Å². The van der Waals surface area contributed by atoms with Crippen LogP contribution in [0.1, 0.15) is 22.7 Å². The summed E-state index contributed by atoms with van der Waals surface area (Å²) in [7, 11) is -3.63. The minimum absolute atomic E-state index is 0.0699. The van der Waals surface area contributed by atoms with Gasteiger partial charge in [-0.05, 0) is 47.9 Å². The molecule has 1 aliphatic heterocycles. The number of piperazine rings is 1. The van der Waals surface area contributed by atoms with Crippen molar-refractivity contribution in [3.8, 4) is 0 Å². The van der Waals surface area contributed by atoms with Crippen LogP contribution in [0.2, 0.25) is 5.02 Å². The molecule has 0 bridgehead atoms. The third-order valence-corrected chi connectivity index (χ3v) is 8.23. The Morgan fingerprint density at radius 2 is 1.45 bits per heavy atom. The Labute approximate surface area is 187 Å². The molecule has 4 nitrogen and oxygen atoms in total. The first-order chi connectivity index (χ1) is 14.9. The molecule has 0 N–H and O–H groups in total. The highest BCUT2D eigenvalue weighted by Gasteiger charge is 2.33. The minimum atomic E-state index is -3.63. The van der Waals surface area contributed by atoms with Crippen molar-refractivity contribution < 1.29 is 12.8 Å². The molecule has 0 amide bonds. The van der Waals surface area contributed by atoms with Crippen LogP contribution >= 0.6 is 11.6 Å². The fourth-order valence-corrected chi connectivity index (χ4v) is 6.00. The first-order valence-electron chi connectivity index (χ1n) is 10.2. The van der Waals surface area contributed by atoms with Gasteiger partial charge in [-0.3, -0.25) is 4.90 Å². The van der Waals surface area contributed by atoms with Gasteiger partial charge in [0.15, 0.2) is 0 Å². The molecule has 3 aromatic rings. The fraction of sp³-hybridized carbons (Fsp3) is 0.250. The Bertz CT molecular complexity index is 1150.